The molecule has 1 rings (SSSR count). The third kappa shape index (κ3) is 3.69. The standard InChI is InChI=1S/C13H14O3/c1-2-12(9-6-10-14)16-13(15)11-7-4-3-5-8-11/h2-5,7-8,10,12H,1,6,9H2/t12-/m1/s1. The molecule has 1 atom stereocenters. The van der Waals surface area contributed by atoms with Crippen molar-refractivity contribution in [1.29, 1.82) is 0 Å². The molecule has 3 nitrogen and oxygen atoms in total. The molecule has 0 spiro atoms. The van der Waals surface area contributed by atoms with Crippen LogP contribution in [-0.2, 0) is 9.53 Å². The number of ether oxygens (including phenoxy) is 1. The molecule has 0 bridgehead atoms. The number of aldehydes is 1. The lowest BCUT2D eigenvalue weighted by molar-refractivity contribution is -0.108. The number of carbonyl (C=O) groups excluding carboxylic acids is 2. The molecular formula is C13H14O3. The Morgan fingerprint density at radius 1 is 1.38 bits per heavy atom. The molecule has 0 aliphatic heterocycles. The minimum atomic E-state index is -0.405. The van der Waals surface area contributed by atoms with Gasteiger partial charge in [-0.05, 0) is 18.6 Å². The van der Waals surface area contributed by atoms with Gasteiger partial charge in [-0.2, -0.15) is 0 Å². The van der Waals surface area contributed by atoms with E-state index >= 15 is 0 Å². The molecule has 3 heteroatoms. The second-order valence-corrected chi connectivity index (χ2v) is 3.29. The SMILES string of the molecule is C=C[C@H](CCC=O)OC(=O)c1ccccc1. The average molecular weight is 218 g/mol. The summed E-state index contributed by atoms with van der Waals surface area (Å²) < 4.78 is 5.17. The fourth-order valence-corrected chi connectivity index (χ4v) is 1.24. The number of hydrogen-bond acceptors (Lipinski definition) is 3. The van der Waals surface area contributed by atoms with Gasteiger partial charge in [0.15, 0.2) is 0 Å². The largest absolute Gasteiger partial charge is 0.455 e. The Bertz CT molecular complexity index is 357. The Hall–Kier alpha value is -1.90. The van der Waals surface area contributed by atoms with E-state index in [-0.39, 0.29) is 0 Å². The number of benzene rings is 1. The molecule has 16 heavy (non-hydrogen) atoms. The van der Waals surface area contributed by atoms with Gasteiger partial charge in [-0.1, -0.05) is 30.9 Å². The Morgan fingerprint density at radius 3 is 2.62 bits per heavy atom. The molecule has 0 amide bonds. The highest BCUT2D eigenvalue weighted by Gasteiger charge is 2.12. The molecule has 84 valence electrons. The molecular weight excluding hydrogens is 204 g/mol. The van der Waals surface area contributed by atoms with Gasteiger partial charge >= 0.3 is 5.97 Å². The van der Waals surface area contributed by atoms with E-state index in [1.54, 1.807) is 24.3 Å². The summed E-state index contributed by atoms with van der Waals surface area (Å²) in [6.45, 7) is 3.57. The number of hydrogen-bond donors (Lipinski definition) is 0. The summed E-state index contributed by atoms with van der Waals surface area (Å²) in [4.78, 5) is 21.8. The highest BCUT2D eigenvalue weighted by Crippen LogP contribution is 2.08. The van der Waals surface area contributed by atoms with Crippen molar-refractivity contribution in [2.75, 3.05) is 0 Å². The minimum Gasteiger partial charge on any atom is -0.455 e. The fourth-order valence-electron chi connectivity index (χ4n) is 1.24. The van der Waals surface area contributed by atoms with Gasteiger partial charge in [0.25, 0.3) is 0 Å². The second kappa shape index (κ2) is 6.56. The first-order chi connectivity index (χ1) is 7.77. The summed E-state index contributed by atoms with van der Waals surface area (Å²) in [6, 6.07) is 8.73. The maximum Gasteiger partial charge on any atom is 0.338 e. The lowest BCUT2D eigenvalue weighted by Crippen LogP contribution is -2.16. The molecule has 1 aromatic rings. The predicted molar refractivity (Wildman–Crippen MR) is 61.1 cm³/mol. The van der Waals surface area contributed by atoms with Gasteiger partial charge in [-0.3, -0.25) is 0 Å². The van der Waals surface area contributed by atoms with Crippen molar-refractivity contribution in [3.63, 3.8) is 0 Å². The lowest BCUT2D eigenvalue weighted by atomic mass is 10.2. The predicted octanol–water partition coefficient (Wildman–Crippen LogP) is 2.38. The smallest absolute Gasteiger partial charge is 0.338 e. The molecule has 0 saturated heterocycles. The van der Waals surface area contributed by atoms with E-state index in [1.807, 2.05) is 6.07 Å². The summed E-state index contributed by atoms with van der Waals surface area (Å²) in [5.41, 5.74) is 0.500. The zero-order valence-electron chi connectivity index (χ0n) is 8.96. The van der Waals surface area contributed by atoms with Crippen molar-refractivity contribution < 1.29 is 14.3 Å². The molecule has 0 unspecified atom stereocenters. The van der Waals surface area contributed by atoms with Crippen molar-refractivity contribution in [1.82, 2.24) is 0 Å². The Morgan fingerprint density at radius 2 is 2.06 bits per heavy atom. The summed E-state index contributed by atoms with van der Waals surface area (Å²) in [5.74, 6) is -0.392. The van der Waals surface area contributed by atoms with Gasteiger partial charge < -0.3 is 9.53 Å². The maximum absolute atomic E-state index is 11.6. The number of rotatable bonds is 6. The van der Waals surface area contributed by atoms with Gasteiger partial charge in [-0.25, -0.2) is 4.79 Å². The van der Waals surface area contributed by atoms with E-state index in [9.17, 15) is 9.59 Å². The van der Waals surface area contributed by atoms with Gasteiger partial charge in [0, 0.05) is 6.42 Å². The van der Waals surface area contributed by atoms with E-state index in [0.29, 0.717) is 18.4 Å². The summed E-state index contributed by atoms with van der Waals surface area (Å²) in [7, 11) is 0. The van der Waals surface area contributed by atoms with Crippen LogP contribution in [0.1, 0.15) is 23.2 Å². The van der Waals surface area contributed by atoms with Crippen LogP contribution < -0.4 is 0 Å². The van der Waals surface area contributed by atoms with Gasteiger partial charge in [0.05, 0.1) is 5.56 Å². The second-order valence-electron chi connectivity index (χ2n) is 3.29. The zero-order chi connectivity index (χ0) is 11.8. The molecule has 0 aliphatic carbocycles. The first kappa shape index (κ1) is 12.2. The van der Waals surface area contributed by atoms with E-state index in [0.717, 1.165) is 6.29 Å². The monoisotopic (exact) mass is 218 g/mol. The molecule has 0 radical (unpaired) electrons. The first-order valence-corrected chi connectivity index (χ1v) is 5.10. The van der Waals surface area contributed by atoms with Gasteiger partial charge in [0.2, 0.25) is 0 Å². The molecule has 0 aliphatic rings. The molecule has 0 N–H and O–H groups in total. The van der Waals surface area contributed by atoms with E-state index < -0.39 is 12.1 Å². The Kier molecular flexibility index (Phi) is 4.99. The van der Waals surface area contributed by atoms with Crippen LogP contribution in [0.4, 0.5) is 0 Å². The summed E-state index contributed by atoms with van der Waals surface area (Å²) in [5, 5.41) is 0. The highest BCUT2D eigenvalue weighted by atomic mass is 16.5. The number of esters is 1. The summed E-state index contributed by atoms with van der Waals surface area (Å²) in [6.07, 6.45) is 2.76. The van der Waals surface area contributed by atoms with Crippen LogP contribution in [0.15, 0.2) is 43.0 Å². The van der Waals surface area contributed by atoms with Crippen molar-refractivity contribution >= 4 is 12.3 Å². The lowest BCUT2D eigenvalue weighted by Gasteiger charge is -2.12. The highest BCUT2D eigenvalue weighted by molar-refractivity contribution is 5.89. The van der Waals surface area contributed by atoms with Gasteiger partial charge in [0.1, 0.15) is 12.4 Å². The molecule has 0 aromatic heterocycles. The van der Waals surface area contributed by atoms with E-state index in [4.69, 9.17) is 4.74 Å². The first-order valence-electron chi connectivity index (χ1n) is 5.10. The summed E-state index contributed by atoms with van der Waals surface area (Å²) >= 11 is 0. The van der Waals surface area contributed by atoms with Crippen LogP contribution in [0.25, 0.3) is 0 Å². The fraction of sp³-hybridized carbons (Fsp3) is 0.231. The molecule has 0 fully saturated rings. The number of carbonyl (C=O) groups is 2. The Balaban J connectivity index is 2.55. The van der Waals surface area contributed by atoms with Crippen LogP contribution in [0.2, 0.25) is 0 Å². The van der Waals surface area contributed by atoms with Crippen molar-refractivity contribution in [2.45, 2.75) is 18.9 Å². The van der Waals surface area contributed by atoms with Crippen LogP contribution in [0.5, 0.6) is 0 Å². The minimum absolute atomic E-state index is 0.360. The normalized spacial score (nSPS) is 11.5. The Labute approximate surface area is 94.7 Å². The van der Waals surface area contributed by atoms with Crippen molar-refractivity contribution in [2.24, 2.45) is 0 Å². The van der Waals surface area contributed by atoms with E-state index in [2.05, 4.69) is 6.58 Å². The molecule has 1 aromatic carbocycles. The van der Waals surface area contributed by atoms with Gasteiger partial charge in [-0.15, -0.1) is 0 Å². The maximum atomic E-state index is 11.6. The van der Waals surface area contributed by atoms with Crippen molar-refractivity contribution in [3.05, 3.63) is 48.6 Å². The van der Waals surface area contributed by atoms with Crippen molar-refractivity contribution in [3.8, 4) is 0 Å². The quantitative estimate of drug-likeness (QED) is 0.418. The van der Waals surface area contributed by atoms with E-state index in [1.165, 1.54) is 6.08 Å². The van der Waals surface area contributed by atoms with Crippen LogP contribution in [0, 0.1) is 0 Å². The average Bonchev–Trinajstić information content (AvgIpc) is 2.35. The van der Waals surface area contributed by atoms with Crippen LogP contribution in [-0.4, -0.2) is 18.4 Å². The van der Waals surface area contributed by atoms with Crippen LogP contribution in [0.3, 0.4) is 0 Å². The third-order valence-corrected chi connectivity index (χ3v) is 2.10. The molecule has 0 saturated carbocycles. The van der Waals surface area contributed by atoms with Crippen LogP contribution >= 0.6 is 0 Å². The topological polar surface area (TPSA) is 43.4 Å². The zero-order valence-corrected chi connectivity index (χ0v) is 8.96. The molecule has 0 heterocycles. The third-order valence-electron chi connectivity index (χ3n) is 2.10.